The van der Waals surface area contributed by atoms with Crippen LogP contribution >= 0.6 is 11.3 Å². The van der Waals surface area contributed by atoms with Gasteiger partial charge in [-0.1, -0.05) is 48.5 Å². The lowest BCUT2D eigenvalue weighted by atomic mass is 9.98. The maximum absolute atomic E-state index is 13.2. The summed E-state index contributed by atoms with van der Waals surface area (Å²) in [5.74, 6) is -1.43. The molecular weight excluding hydrogens is 466 g/mol. The molecule has 1 atom stereocenters. The molecule has 9 heteroatoms. The lowest BCUT2D eigenvalue weighted by molar-refractivity contribution is -0.139. The van der Waals surface area contributed by atoms with Crippen molar-refractivity contribution in [2.24, 2.45) is 0 Å². The molecule has 0 bridgehead atoms. The predicted octanol–water partition coefficient (Wildman–Crippen LogP) is 3.92. The number of alkyl carbamates (subject to hydrolysis) is 1. The molecule has 0 fully saturated rings. The molecule has 0 saturated carbocycles. The molecule has 2 N–H and O–H groups in total. The fourth-order valence-electron chi connectivity index (χ4n) is 4.40. The number of amides is 2. The Kier molecular flexibility index (Phi) is 7.77. The quantitative estimate of drug-likeness (QED) is 0.443. The van der Waals surface area contributed by atoms with Gasteiger partial charge in [-0.25, -0.2) is 4.79 Å². The van der Waals surface area contributed by atoms with Crippen LogP contribution in [0.25, 0.3) is 11.1 Å². The van der Waals surface area contributed by atoms with Gasteiger partial charge in [-0.2, -0.15) is 0 Å². The standard InChI is InChI=1S/C26H27N3O5S/c1-2-29(12-11-24(30)31)25(32)23(13-17-14-27-16-35-17)28-26(33)34-15-22-20-9-5-3-7-18(20)19-8-4-6-10-21(19)22/h3-10,14,16,22-23H,2,11-13,15H2,1H3,(H,28,33)(H,30,31). The number of benzene rings is 2. The van der Waals surface area contributed by atoms with Gasteiger partial charge in [-0.15, -0.1) is 11.3 Å². The summed E-state index contributed by atoms with van der Waals surface area (Å²) >= 11 is 1.38. The Morgan fingerprint density at radius 3 is 2.34 bits per heavy atom. The fourth-order valence-corrected chi connectivity index (χ4v) is 5.04. The van der Waals surface area contributed by atoms with Crippen LogP contribution in [0.15, 0.2) is 60.2 Å². The first-order valence-corrected chi connectivity index (χ1v) is 12.3. The van der Waals surface area contributed by atoms with Crippen molar-refractivity contribution in [1.82, 2.24) is 15.2 Å². The van der Waals surface area contributed by atoms with Crippen LogP contribution in [-0.4, -0.2) is 58.7 Å². The SMILES string of the molecule is CCN(CCC(=O)O)C(=O)C(Cc1cncs1)NC(=O)OCC1c2ccccc2-c2ccccc21. The van der Waals surface area contributed by atoms with Gasteiger partial charge in [0.1, 0.15) is 12.6 Å². The molecule has 1 heterocycles. The Balaban J connectivity index is 1.45. The van der Waals surface area contributed by atoms with Crippen molar-refractivity contribution in [1.29, 1.82) is 0 Å². The van der Waals surface area contributed by atoms with Gasteiger partial charge in [0, 0.05) is 36.5 Å². The summed E-state index contributed by atoms with van der Waals surface area (Å²) in [4.78, 5) is 43.3. The summed E-state index contributed by atoms with van der Waals surface area (Å²) in [6.07, 6.45) is 1.04. The number of carbonyl (C=O) groups excluding carboxylic acids is 2. The molecule has 1 aliphatic carbocycles. The van der Waals surface area contributed by atoms with Crippen LogP contribution in [0.5, 0.6) is 0 Å². The third-order valence-electron chi connectivity index (χ3n) is 6.11. The van der Waals surface area contributed by atoms with Gasteiger partial charge < -0.3 is 20.1 Å². The summed E-state index contributed by atoms with van der Waals surface area (Å²) in [5, 5.41) is 11.7. The maximum Gasteiger partial charge on any atom is 0.407 e. The second-order valence-corrected chi connectivity index (χ2v) is 9.23. The van der Waals surface area contributed by atoms with Crippen LogP contribution in [0, 0.1) is 0 Å². The minimum absolute atomic E-state index is 0.0657. The zero-order valence-corrected chi connectivity index (χ0v) is 20.2. The van der Waals surface area contributed by atoms with E-state index >= 15 is 0 Å². The molecule has 1 unspecified atom stereocenters. The molecule has 1 aliphatic rings. The highest BCUT2D eigenvalue weighted by Gasteiger charge is 2.31. The van der Waals surface area contributed by atoms with Gasteiger partial charge in [-0.05, 0) is 29.2 Å². The Morgan fingerprint density at radius 2 is 1.77 bits per heavy atom. The summed E-state index contributed by atoms with van der Waals surface area (Å²) in [6, 6.07) is 15.2. The molecule has 0 saturated heterocycles. The minimum atomic E-state index is -0.986. The third-order valence-corrected chi connectivity index (χ3v) is 6.91. The van der Waals surface area contributed by atoms with E-state index in [2.05, 4.69) is 22.4 Å². The van der Waals surface area contributed by atoms with Gasteiger partial charge in [0.15, 0.2) is 0 Å². The first-order valence-electron chi connectivity index (χ1n) is 11.5. The number of ether oxygens (including phenoxy) is 1. The average molecular weight is 494 g/mol. The van der Waals surface area contributed by atoms with Crippen LogP contribution < -0.4 is 5.32 Å². The molecule has 8 nitrogen and oxygen atoms in total. The van der Waals surface area contributed by atoms with E-state index in [4.69, 9.17) is 9.84 Å². The number of thiazole rings is 1. The highest BCUT2D eigenvalue weighted by Crippen LogP contribution is 2.44. The molecule has 2 aromatic carbocycles. The van der Waals surface area contributed by atoms with Crippen molar-refractivity contribution >= 4 is 29.3 Å². The summed E-state index contributed by atoms with van der Waals surface area (Å²) < 4.78 is 5.62. The van der Waals surface area contributed by atoms with Crippen LogP contribution in [0.1, 0.15) is 35.3 Å². The highest BCUT2D eigenvalue weighted by molar-refractivity contribution is 7.09. The van der Waals surface area contributed by atoms with E-state index in [1.165, 1.54) is 16.2 Å². The molecular formula is C26H27N3O5S. The van der Waals surface area contributed by atoms with Gasteiger partial charge in [0.05, 0.1) is 11.9 Å². The monoisotopic (exact) mass is 493 g/mol. The Morgan fingerprint density at radius 1 is 1.11 bits per heavy atom. The van der Waals surface area contributed by atoms with E-state index in [0.717, 1.165) is 27.1 Å². The average Bonchev–Trinajstić information content (AvgIpc) is 3.48. The second-order valence-electron chi connectivity index (χ2n) is 8.26. The number of carbonyl (C=O) groups is 3. The number of hydrogen-bond acceptors (Lipinski definition) is 6. The summed E-state index contributed by atoms with van der Waals surface area (Å²) in [7, 11) is 0. The first kappa shape index (κ1) is 24.4. The van der Waals surface area contributed by atoms with Crippen molar-refractivity contribution in [3.8, 4) is 11.1 Å². The van der Waals surface area contributed by atoms with Crippen LogP contribution in [0.3, 0.4) is 0 Å². The lowest BCUT2D eigenvalue weighted by Gasteiger charge is -2.26. The number of aromatic nitrogens is 1. The highest BCUT2D eigenvalue weighted by atomic mass is 32.1. The molecule has 1 aromatic heterocycles. The van der Waals surface area contributed by atoms with Crippen molar-refractivity contribution in [2.45, 2.75) is 31.7 Å². The molecule has 35 heavy (non-hydrogen) atoms. The second kappa shape index (κ2) is 11.1. The van der Waals surface area contributed by atoms with E-state index in [1.54, 1.807) is 18.6 Å². The van der Waals surface area contributed by atoms with Crippen LogP contribution in [0.2, 0.25) is 0 Å². The van der Waals surface area contributed by atoms with Crippen molar-refractivity contribution in [3.05, 3.63) is 76.2 Å². The molecule has 182 valence electrons. The van der Waals surface area contributed by atoms with Gasteiger partial charge in [0.2, 0.25) is 5.91 Å². The number of nitrogens with zero attached hydrogens (tertiary/aromatic N) is 2. The van der Waals surface area contributed by atoms with Crippen molar-refractivity contribution < 1.29 is 24.2 Å². The molecule has 4 rings (SSSR count). The number of aliphatic carboxylic acids is 1. The topological polar surface area (TPSA) is 109 Å². The maximum atomic E-state index is 13.2. The normalized spacial score (nSPS) is 12.9. The number of hydrogen-bond donors (Lipinski definition) is 2. The Bertz CT molecular complexity index is 1150. The lowest BCUT2D eigenvalue weighted by Crippen LogP contribution is -2.50. The minimum Gasteiger partial charge on any atom is -0.481 e. The van der Waals surface area contributed by atoms with Crippen molar-refractivity contribution in [3.63, 3.8) is 0 Å². The van der Waals surface area contributed by atoms with E-state index in [-0.39, 0.29) is 37.8 Å². The molecule has 3 aromatic rings. The zero-order chi connectivity index (χ0) is 24.8. The van der Waals surface area contributed by atoms with Gasteiger partial charge in [-0.3, -0.25) is 14.6 Å². The number of fused-ring (bicyclic) bond motifs is 3. The van der Waals surface area contributed by atoms with E-state index in [1.807, 2.05) is 36.4 Å². The van der Waals surface area contributed by atoms with Crippen molar-refractivity contribution in [2.75, 3.05) is 19.7 Å². The number of nitrogens with one attached hydrogen (secondary N) is 1. The molecule has 2 amide bonds. The largest absolute Gasteiger partial charge is 0.481 e. The third kappa shape index (κ3) is 5.68. The van der Waals surface area contributed by atoms with Crippen LogP contribution in [-0.2, 0) is 20.7 Å². The number of likely N-dealkylation sites (N-methyl/N-ethyl adjacent to an activating group) is 1. The number of carboxylic acids is 1. The smallest absolute Gasteiger partial charge is 0.407 e. The fraction of sp³-hybridized carbons (Fsp3) is 0.308. The van der Waals surface area contributed by atoms with Crippen LogP contribution in [0.4, 0.5) is 4.79 Å². The predicted molar refractivity (Wildman–Crippen MR) is 132 cm³/mol. The summed E-state index contributed by atoms with van der Waals surface area (Å²) in [5.41, 5.74) is 6.13. The molecule has 0 aliphatic heterocycles. The van der Waals surface area contributed by atoms with E-state index in [9.17, 15) is 14.4 Å². The van der Waals surface area contributed by atoms with E-state index in [0.29, 0.717) is 6.54 Å². The number of rotatable bonds is 10. The summed E-state index contributed by atoms with van der Waals surface area (Å²) in [6.45, 7) is 2.31. The molecule has 0 radical (unpaired) electrons. The van der Waals surface area contributed by atoms with E-state index < -0.39 is 18.1 Å². The molecule has 0 spiro atoms. The van der Waals surface area contributed by atoms with Gasteiger partial charge >= 0.3 is 12.1 Å². The first-order chi connectivity index (χ1) is 17.0. The van der Waals surface area contributed by atoms with Gasteiger partial charge in [0.25, 0.3) is 0 Å². The number of carboxylic acid groups (broad SMARTS) is 1. The zero-order valence-electron chi connectivity index (χ0n) is 19.3. The Hall–Kier alpha value is -3.72. The Labute approximate surface area is 207 Å².